The first-order valence-corrected chi connectivity index (χ1v) is 6.99. The number of aryl methyl sites for hydroxylation is 1. The van der Waals surface area contributed by atoms with Crippen molar-refractivity contribution in [1.29, 1.82) is 0 Å². The van der Waals surface area contributed by atoms with Crippen LogP contribution >= 0.6 is 11.8 Å². The Morgan fingerprint density at radius 3 is 2.74 bits per heavy atom. The van der Waals surface area contributed by atoms with Crippen LogP contribution in [0.4, 0.5) is 5.69 Å². The van der Waals surface area contributed by atoms with Gasteiger partial charge in [0.25, 0.3) is 0 Å². The molecule has 2 N–H and O–H groups in total. The van der Waals surface area contributed by atoms with Crippen molar-refractivity contribution >= 4 is 23.4 Å². The van der Waals surface area contributed by atoms with E-state index in [0.29, 0.717) is 5.16 Å². The molecular formula is C13H16N4OS. The molecule has 0 radical (unpaired) electrons. The molecule has 0 aliphatic heterocycles. The van der Waals surface area contributed by atoms with Crippen molar-refractivity contribution in [3.63, 3.8) is 0 Å². The number of nitrogens with zero attached hydrogens (tertiary/aromatic N) is 2. The van der Waals surface area contributed by atoms with Gasteiger partial charge in [-0.05, 0) is 31.0 Å². The summed E-state index contributed by atoms with van der Waals surface area (Å²) in [7, 11) is 0. The van der Waals surface area contributed by atoms with E-state index in [-0.39, 0.29) is 11.2 Å². The van der Waals surface area contributed by atoms with Crippen molar-refractivity contribution in [1.82, 2.24) is 15.2 Å². The van der Waals surface area contributed by atoms with Crippen LogP contribution in [0.2, 0.25) is 0 Å². The maximum atomic E-state index is 12.0. The van der Waals surface area contributed by atoms with Gasteiger partial charge in [0.2, 0.25) is 5.91 Å². The molecule has 1 aromatic carbocycles. The minimum absolute atomic E-state index is 0.0503. The summed E-state index contributed by atoms with van der Waals surface area (Å²) in [6.45, 7) is 3.94. The van der Waals surface area contributed by atoms with Crippen molar-refractivity contribution in [2.45, 2.75) is 30.7 Å². The molecule has 1 atom stereocenters. The lowest BCUT2D eigenvalue weighted by Crippen LogP contribution is -2.22. The summed E-state index contributed by atoms with van der Waals surface area (Å²) in [5.41, 5.74) is 2.06. The molecule has 1 amide bonds. The van der Waals surface area contributed by atoms with Gasteiger partial charge in [0, 0.05) is 5.69 Å². The minimum atomic E-state index is -0.237. The first-order chi connectivity index (χ1) is 9.19. The molecule has 6 heteroatoms. The molecule has 1 aromatic heterocycles. The molecule has 1 heterocycles. The van der Waals surface area contributed by atoms with Crippen molar-refractivity contribution in [3.05, 3.63) is 36.2 Å². The summed E-state index contributed by atoms with van der Waals surface area (Å²) in [4.78, 5) is 16.0. The lowest BCUT2D eigenvalue weighted by molar-refractivity contribution is -0.115. The predicted octanol–water partition coefficient (Wildman–Crippen LogP) is 2.49. The van der Waals surface area contributed by atoms with E-state index in [0.717, 1.165) is 12.1 Å². The molecule has 5 nitrogen and oxygen atoms in total. The number of H-pyrrole nitrogens is 1. The topological polar surface area (TPSA) is 70.7 Å². The van der Waals surface area contributed by atoms with Gasteiger partial charge in [-0.1, -0.05) is 30.8 Å². The fourth-order valence-electron chi connectivity index (χ4n) is 1.54. The molecule has 0 aliphatic carbocycles. The van der Waals surface area contributed by atoms with E-state index < -0.39 is 0 Å². The zero-order valence-corrected chi connectivity index (χ0v) is 11.7. The van der Waals surface area contributed by atoms with Gasteiger partial charge < -0.3 is 5.32 Å². The van der Waals surface area contributed by atoms with Crippen LogP contribution in [0.3, 0.4) is 0 Å². The molecule has 2 aromatic rings. The van der Waals surface area contributed by atoms with Gasteiger partial charge >= 0.3 is 0 Å². The second-order valence-corrected chi connectivity index (χ2v) is 5.42. The number of carbonyl (C=O) groups excluding carboxylic acids is 1. The Bertz CT molecular complexity index is 524. The number of anilines is 1. The van der Waals surface area contributed by atoms with Gasteiger partial charge in [0.05, 0.1) is 5.25 Å². The quantitative estimate of drug-likeness (QED) is 0.823. The Morgan fingerprint density at radius 1 is 1.42 bits per heavy atom. The highest BCUT2D eigenvalue weighted by atomic mass is 32.2. The number of rotatable bonds is 5. The lowest BCUT2D eigenvalue weighted by atomic mass is 10.1. The van der Waals surface area contributed by atoms with E-state index in [1.165, 1.54) is 23.7 Å². The molecular weight excluding hydrogens is 260 g/mol. The monoisotopic (exact) mass is 276 g/mol. The highest BCUT2D eigenvalue weighted by Gasteiger charge is 2.15. The zero-order valence-electron chi connectivity index (χ0n) is 10.9. The first-order valence-electron chi connectivity index (χ1n) is 6.11. The summed E-state index contributed by atoms with van der Waals surface area (Å²) >= 11 is 1.34. The van der Waals surface area contributed by atoms with E-state index in [1.807, 2.05) is 31.2 Å². The van der Waals surface area contributed by atoms with E-state index in [9.17, 15) is 4.79 Å². The Labute approximate surface area is 116 Å². The van der Waals surface area contributed by atoms with Crippen LogP contribution in [-0.2, 0) is 11.2 Å². The zero-order chi connectivity index (χ0) is 13.7. The molecule has 0 saturated carbocycles. The van der Waals surface area contributed by atoms with Crippen LogP contribution in [0.1, 0.15) is 19.4 Å². The molecule has 0 aliphatic rings. The number of aromatic amines is 1. The maximum absolute atomic E-state index is 12.0. The van der Waals surface area contributed by atoms with Gasteiger partial charge in [0.15, 0.2) is 5.16 Å². The van der Waals surface area contributed by atoms with E-state index >= 15 is 0 Å². The van der Waals surface area contributed by atoms with Crippen LogP contribution in [-0.4, -0.2) is 26.3 Å². The number of amides is 1. The fourth-order valence-corrected chi connectivity index (χ4v) is 2.25. The lowest BCUT2D eigenvalue weighted by Gasteiger charge is -2.10. The largest absolute Gasteiger partial charge is 0.325 e. The van der Waals surface area contributed by atoms with Gasteiger partial charge in [0.1, 0.15) is 6.33 Å². The average Bonchev–Trinajstić information content (AvgIpc) is 2.92. The smallest absolute Gasteiger partial charge is 0.237 e. The average molecular weight is 276 g/mol. The van der Waals surface area contributed by atoms with E-state index in [4.69, 9.17) is 0 Å². The minimum Gasteiger partial charge on any atom is -0.325 e. The van der Waals surface area contributed by atoms with Gasteiger partial charge in [-0.2, -0.15) is 5.10 Å². The molecule has 0 fully saturated rings. The number of carbonyl (C=O) groups is 1. The van der Waals surface area contributed by atoms with Crippen molar-refractivity contribution in [2.24, 2.45) is 0 Å². The Kier molecular flexibility index (Phi) is 4.57. The van der Waals surface area contributed by atoms with Crippen LogP contribution in [0.15, 0.2) is 35.7 Å². The van der Waals surface area contributed by atoms with E-state index in [1.54, 1.807) is 0 Å². The van der Waals surface area contributed by atoms with Crippen LogP contribution in [0.5, 0.6) is 0 Å². The highest BCUT2D eigenvalue weighted by molar-refractivity contribution is 8.00. The number of aromatic nitrogens is 3. The fraction of sp³-hybridized carbons (Fsp3) is 0.308. The molecule has 0 unspecified atom stereocenters. The second kappa shape index (κ2) is 6.38. The summed E-state index contributed by atoms with van der Waals surface area (Å²) in [6, 6.07) is 7.87. The van der Waals surface area contributed by atoms with Gasteiger partial charge in [-0.15, -0.1) is 0 Å². The number of hydrogen-bond acceptors (Lipinski definition) is 4. The SMILES string of the molecule is CCc1ccc(NC(=O)[C@@H](C)Sc2ncn[nH]2)cc1. The van der Waals surface area contributed by atoms with Crippen molar-refractivity contribution < 1.29 is 4.79 Å². The Morgan fingerprint density at radius 2 is 2.16 bits per heavy atom. The predicted molar refractivity (Wildman–Crippen MR) is 76.2 cm³/mol. The summed E-state index contributed by atoms with van der Waals surface area (Å²) in [5.74, 6) is -0.0503. The van der Waals surface area contributed by atoms with E-state index in [2.05, 4.69) is 27.4 Å². The Hall–Kier alpha value is -1.82. The van der Waals surface area contributed by atoms with Gasteiger partial charge in [-0.3, -0.25) is 9.89 Å². The molecule has 100 valence electrons. The Balaban J connectivity index is 1.92. The summed E-state index contributed by atoms with van der Waals surface area (Å²) in [6.07, 6.45) is 2.42. The summed E-state index contributed by atoms with van der Waals surface area (Å²) in [5, 5.41) is 9.76. The second-order valence-electron chi connectivity index (χ2n) is 4.09. The number of nitrogens with one attached hydrogen (secondary N) is 2. The summed E-state index contributed by atoms with van der Waals surface area (Å²) < 4.78 is 0. The van der Waals surface area contributed by atoms with Crippen LogP contribution in [0, 0.1) is 0 Å². The molecule has 2 rings (SSSR count). The molecule has 0 saturated heterocycles. The van der Waals surface area contributed by atoms with Gasteiger partial charge in [-0.25, -0.2) is 4.98 Å². The number of thioether (sulfide) groups is 1. The molecule has 0 bridgehead atoms. The standard InChI is InChI=1S/C13H16N4OS/c1-3-10-4-6-11(7-5-10)16-12(18)9(2)19-13-14-8-15-17-13/h4-9H,3H2,1-2H3,(H,16,18)(H,14,15,17)/t9-/m1/s1. The normalized spacial score (nSPS) is 12.1. The third-order valence-corrected chi connectivity index (χ3v) is 3.67. The van der Waals surface area contributed by atoms with Crippen LogP contribution < -0.4 is 5.32 Å². The van der Waals surface area contributed by atoms with Crippen LogP contribution in [0.25, 0.3) is 0 Å². The highest BCUT2D eigenvalue weighted by Crippen LogP contribution is 2.20. The number of hydrogen-bond donors (Lipinski definition) is 2. The van der Waals surface area contributed by atoms with Crippen molar-refractivity contribution in [3.8, 4) is 0 Å². The third-order valence-electron chi connectivity index (χ3n) is 2.68. The maximum Gasteiger partial charge on any atom is 0.237 e. The van der Waals surface area contributed by atoms with Crippen molar-refractivity contribution in [2.75, 3.05) is 5.32 Å². The molecule has 0 spiro atoms. The third kappa shape index (κ3) is 3.82. The number of benzene rings is 1. The first kappa shape index (κ1) is 13.6. The molecule has 19 heavy (non-hydrogen) atoms.